The summed E-state index contributed by atoms with van der Waals surface area (Å²) >= 11 is 0. The van der Waals surface area contributed by atoms with Gasteiger partial charge < -0.3 is 14.6 Å². The third-order valence-corrected chi connectivity index (χ3v) is 6.40. The molecule has 1 aliphatic rings. The Morgan fingerprint density at radius 3 is 2.62 bits per heavy atom. The predicted molar refractivity (Wildman–Crippen MR) is 95.8 cm³/mol. The van der Waals surface area contributed by atoms with Gasteiger partial charge in [0.2, 0.25) is 0 Å². The van der Waals surface area contributed by atoms with Crippen LogP contribution in [0.1, 0.15) is 33.8 Å². The van der Waals surface area contributed by atoms with Gasteiger partial charge in [-0.1, -0.05) is 5.16 Å². The number of rotatable bonds is 6. The van der Waals surface area contributed by atoms with Crippen LogP contribution in [-0.2, 0) is 16.4 Å². The molecule has 26 heavy (non-hydrogen) atoms. The number of ether oxygens (including phenoxy) is 1. The molecule has 1 aromatic heterocycles. The fraction of sp³-hybridized carbons (Fsp3) is 0.444. The van der Waals surface area contributed by atoms with Crippen molar-refractivity contribution in [2.75, 3.05) is 18.1 Å². The van der Waals surface area contributed by atoms with Crippen LogP contribution in [-0.4, -0.2) is 37.5 Å². The van der Waals surface area contributed by atoms with Crippen molar-refractivity contribution in [1.82, 2.24) is 10.5 Å². The van der Waals surface area contributed by atoms with Gasteiger partial charge in [-0.05, 0) is 50.5 Å². The monoisotopic (exact) mass is 378 g/mol. The van der Waals surface area contributed by atoms with E-state index < -0.39 is 9.84 Å². The van der Waals surface area contributed by atoms with E-state index in [9.17, 15) is 13.2 Å². The van der Waals surface area contributed by atoms with Gasteiger partial charge in [0.25, 0.3) is 5.91 Å². The number of amides is 1. The number of aryl methyl sites for hydroxylation is 2. The summed E-state index contributed by atoms with van der Waals surface area (Å²) in [5, 5.41) is 6.68. The van der Waals surface area contributed by atoms with Crippen LogP contribution in [0.5, 0.6) is 5.75 Å². The van der Waals surface area contributed by atoms with Gasteiger partial charge in [0, 0.05) is 12.1 Å². The van der Waals surface area contributed by atoms with E-state index in [-0.39, 0.29) is 23.3 Å². The largest absolute Gasteiger partial charge is 0.489 e. The quantitative estimate of drug-likeness (QED) is 0.826. The first kappa shape index (κ1) is 18.4. The van der Waals surface area contributed by atoms with Crippen molar-refractivity contribution in [3.63, 3.8) is 0 Å². The van der Waals surface area contributed by atoms with Crippen LogP contribution in [0.4, 0.5) is 0 Å². The summed E-state index contributed by atoms with van der Waals surface area (Å²) in [6.07, 6.45) is 0.608. The maximum Gasteiger partial charge on any atom is 0.251 e. The second-order valence-corrected chi connectivity index (χ2v) is 8.82. The van der Waals surface area contributed by atoms with Crippen LogP contribution in [0, 0.1) is 19.8 Å². The molecule has 1 aromatic carbocycles. The van der Waals surface area contributed by atoms with Crippen molar-refractivity contribution in [2.45, 2.75) is 26.9 Å². The van der Waals surface area contributed by atoms with Crippen LogP contribution in [0.15, 0.2) is 28.8 Å². The number of sulfone groups is 1. The van der Waals surface area contributed by atoms with E-state index in [2.05, 4.69) is 10.5 Å². The van der Waals surface area contributed by atoms with Crippen molar-refractivity contribution in [2.24, 2.45) is 5.92 Å². The van der Waals surface area contributed by atoms with Gasteiger partial charge in [0.05, 0.1) is 22.8 Å². The minimum Gasteiger partial charge on any atom is -0.489 e. The summed E-state index contributed by atoms with van der Waals surface area (Å²) in [6.45, 7) is 4.42. The lowest BCUT2D eigenvalue weighted by atomic mass is 10.1. The van der Waals surface area contributed by atoms with Crippen molar-refractivity contribution in [3.05, 3.63) is 46.8 Å². The number of aromatic nitrogens is 1. The molecule has 0 radical (unpaired) electrons. The Morgan fingerprint density at radius 2 is 2.04 bits per heavy atom. The Hall–Kier alpha value is -2.35. The molecule has 0 saturated carbocycles. The summed E-state index contributed by atoms with van der Waals surface area (Å²) in [7, 11) is -2.92. The summed E-state index contributed by atoms with van der Waals surface area (Å²) in [6, 6.07) is 6.83. The number of carbonyl (C=O) groups is 1. The van der Waals surface area contributed by atoms with Crippen LogP contribution >= 0.6 is 0 Å². The van der Waals surface area contributed by atoms with Crippen molar-refractivity contribution >= 4 is 15.7 Å². The number of carbonyl (C=O) groups excluding carboxylic acids is 1. The fourth-order valence-corrected chi connectivity index (χ4v) is 4.80. The van der Waals surface area contributed by atoms with Crippen molar-refractivity contribution < 1.29 is 22.5 Å². The van der Waals surface area contributed by atoms with E-state index in [0.717, 1.165) is 17.0 Å². The molecule has 0 spiro atoms. The van der Waals surface area contributed by atoms with Gasteiger partial charge in [0.1, 0.15) is 18.1 Å². The molecule has 1 amide bonds. The zero-order chi connectivity index (χ0) is 18.7. The molecule has 2 heterocycles. The van der Waals surface area contributed by atoms with E-state index in [1.807, 2.05) is 13.8 Å². The van der Waals surface area contributed by atoms with E-state index in [1.54, 1.807) is 24.3 Å². The van der Waals surface area contributed by atoms with E-state index >= 15 is 0 Å². The number of benzene rings is 1. The van der Waals surface area contributed by atoms with Crippen LogP contribution in [0.3, 0.4) is 0 Å². The lowest BCUT2D eigenvalue weighted by Crippen LogP contribution is -2.29. The molecule has 0 aliphatic carbocycles. The smallest absolute Gasteiger partial charge is 0.251 e. The maximum absolute atomic E-state index is 12.2. The summed E-state index contributed by atoms with van der Waals surface area (Å²) in [5.74, 6) is 1.52. The summed E-state index contributed by atoms with van der Waals surface area (Å²) < 4.78 is 33.7. The van der Waals surface area contributed by atoms with Gasteiger partial charge in [-0.25, -0.2) is 8.42 Å². The molecule has 1 N–H and O–H groups in total. The molecule has 1 saturated heterocycles. The Labute approximate surface area is 152 Å². The summed E-state index contributed by atoms with van der Waals surface area (Å²) in [5.41, 5.74) is 2.22. The topological polar surface area (TPSA) is 98.5 Å². The second kappa shape index (κ2) is 7.49. The number of hydrogen-bond acceptors (Lipinski definition) is 6. The zero-order valence-corrected chi connectivity index (χ0v) is 15.6. The Balaban J connectivity index is 1.51. The zero-order valence-electron chi connectivity index (χ0n) is 14.8. The highest BCUT2D eigenvalue weighted by Crippen LogP contribution is 2.19. The van der Waals surface area contributed by atoms with Crippen LogP contribution in [0.25, 0.3) is 0 Å². The Bertz CT molecular complexity index is 867. The molecule has 1 aliphatic heterocycles. The maximum atomic E-state index is 12.2. The van der Waals surface area contributed by atoms with Gasteiger partial charge in [-0.2, -0.15) is 0 Å². The first-order valence-corrected chi connectivity index (χ1v) is 10.3. The van der Waals surface area contributed by atoms with Crippen LogP contribution < -0.4 is 10.1 Å². The van der Waals surface area contributed by atoms with Gasteiger partial charge in [-0.15, -0.1) is 0 Å². The molecular weight excluding hydrogens is 356 g/mol. The van der Waals surface area contributed by atoms with E-state index in [1.165, 1.54) is 0 Å². The lowest BCUT2D eigenvalue weighted by molar-refractivity contribution is 0.0948. The second-order valence-electron chi connectivity index (χ2n) is 6.59. The third-order valence-electron chi connectivity index (χ3n) is 4.56. The Kier molecular flexibility index (Phi) is 5.31. The average Bonchev–Trinajstić information content (AvgIpc) is 3.13. The average molecular weight is 378 g/mol. The highest BCUT2D eigenvalue weighted by molar-refractivity contribution is 7.91. The fourth-order valence-electron chi connectivity index (χ4n) is 2.94. The first-order valence-electron chi connectivity index (χ1n) is 8.47. The van der Waals surface area contributed by atoms with Gasteiger partial charge in [-0.3, -0.25) is 4.79 Å². The minimum absolute atomic E-state index is 0.00149. The molecule has 1 fully saturated rings. The molecule has 140 valence electrons. The van der Waals surface area contributed by atoms with Crippen molar-refractivity contribution in [1.29, 1.82) is 0 Å². The predicted octanol–water partition coefficient (Wildman–Crippen LogP) is 2.03. The standard InChI is InChI=1S/C18H22N2O5S/c1-12-17(13(2)25-20-12)10-24-16-5-3-15(4-6-16)18(21)19-9-14-7-8-26(22,23)11-14/h3-6,14H,7-11H2,1-2H3,(H,19,21). The minimum atomic E-state index is -2.92. The normalized spacial score (nSPS) is 18.6. The molecular formula is C18H22N2O5S. The number of hydrogen-bond donors (Lipinski definition) is 1. The van der Waals surface area contributed by atoms with Crippen molar-refractivity contribution in [3.8, 4) is 5.75 Å². The van der Waals surface area contributed by atoms with E-state index in [4.69, 9.17) is 9.26 Å². The molecule has 3 rings (SSSR count). The molecule has 0 bridgehead atoms. The molecule has 8 heteroatoms. The molecule has 1 unspecified atom stereocenters. The van der Waals surface area contributed by atoms with Gasteiger partial charge >= 0.3 is 0 Å². The molecule has 2 aromatic rings. The van der Waals surface area contributed by atoms with Gasteiger partial charge in [0.15, 0.2) is 9.84 Å². The number of nitrogens with one attached hydrogen (secondary N) is 1. The third kappa shape index (κ3) is 4.43. The number of nitrogens with zero attached hydrogens (tertiary/aromatic N) is 1. The lowest BCUT2D eigenvalue weighted by Gasteiger charge is -2.10. The van der Waals surface area contributed by atoms with E-state index in [0.29, 0.717) is 30.9 Å². The highest BCUT2D eigenvalue weighted by atomic mass is 32.2. The SMILES string of the molecule is Cc1noc(C)c1COc1ccc(C(=O)NCC2CCS(=O)(=O)C2)cc1. The molecule has 7 nitrogen and oxygen atoms in total. The van der Waals surface area contributed by atoms with Crippen LogP contribution in [0.2, 0.25) is 0 Å². The molecule has 1 atom stereocenters. The highest BCUT2D eigenvalue weighted by Gasteiger charge is 2.27. The first-order chi connectivity index (χ1) is 12.3. The Morgan fingerprint density at radius 1 is 1.31 bits per heavy atom. The summed E-state index contributed by atoms with van der Waals surface area (Å²) in [4.78, 5) is 12.2.